The minimum Gasteiger partial charge on any atom is -0.324 e. The van der Waals surface area contributed by atoms with Gasteiger partial charge in [0.2, 0.25) is 11.9 Å². The van der Waals surface area contributed by atoms with Crippen molar-refractivity contribution in [2.24, 2.45) is 0 Å². The molecular weight excluding hydrogens is 446 g/mol. The zero-order valence-electron chi connectivity index (χ0n) is 17.0. The number of carbonyl (C=O) groups is 1. The van der Waals surface area contributed by atoms with Gasteiger partial charge < -0.3 is 5.32 Å². The molecule has 0 aliphatic carbocycles. The topological polar surface area (TPSA) is 149 Å². The third-order valence-corrected chi connectivity index (χ3v) is 5.70. The summed E-state index contributed by atoms with van der Waals surface area (Å²) in [7, 11) is -3.89. The summed E-state index contributed by atoms with van der Waals surface area (Å²) in [5.41, 5.74) is 1.12. The lowest BCUT2D eigenvalue weighted by Gasteiger charge is -2.09. The van der Waals surface area contributed by atoms with E-state index in [1.165, 1.54) is 42.7 Å². The molecule has 4 rings (SSSR count). The van der Waals surface area contributed by atoms with Crippen molar-refractivity contribution in [3.05, 3.63) is 89.7 Å². The fraction of sp³-hybridized carbons (Fsp3) is 0.0476. The molecule has 2 N–H and O–H groups in total. The Bertz CT molecular complexity index is 1430. The summed E-state index contributed by atoms with van der Waals surface area (Å²) in [6.45, 7) is -0.320. The minimum absolute atomic E-state index is 0.0324. The van der Waals surface area contributed by atoms with Gasteiger partial charge in [0.15, 0.2) is 0 Å². The standard InChI is InChI=1S/C21H17N7O4S/c29-19(14-28-20(30)9-8-18(26-28)15-3-1-10-22-13-15)25-16-4-6-17(7-5-16)33(31,32)27-21-23-11-2-12-24-21/h1-13H,14H2,(H,25,29)(H,23,24,27). The van der Waals surface area contributed by atoms with E-state index in [2.05, 4.69) is 30.1 Å². The lowest BCUT2D eigenvalue weighted by molar-refractivity contribution is -0.117. The number of nitrogens with one attached hydrogen (secondary N) is 2. The number of hydrogen-bond acceptors (Lipinski definition) is 8. The minimum atomic E-state index is -3.89. The maximum atomic E-state index is 12.4. The average molecular weight is 463 g/mol. The van der Waals surface area contributed by atoms with Gasteiger partial charge in [-0.3, -0.25) is 14.6 Å². The van der Waals surface area contributed by atoms with Crippen LogP contribution in [0.4, 0.5) is 11.6 Å². The Morgan fingerprint density at radius 3 is 2.39 bits per heavy atom. The van der Waals surface area contributed by atoms with Gasteiger partial charge in [-0.1, -0.05) is 0 Å². The highest BCUT2D eigenvalue weighted by Crippen LogP contribution is 2.17. The molecule has 0 aliphatic rings. The van der Waals surface area contributed by atoms with Gasteiger partial charge in [-0.2, -0.15) is 5.10 Å². The number of aromatic nitrogens is 5. The fourth-order valence-corrected chi connectivity index (χ4v) is 3.77. The van der Waals surface area contributed by atoms with Crippen molar-refractivity contribution in [2.75, 3.05) is 10.0 Å². The van der Waals surface area contributed by atoms with Crippen LogP contribution in [-0.2, 0) is 21.4 Å². The largest absolute Gasteiger partial charge is 0.324 e. The molecule has 0 bridgehead atoms. The Labute approximate surface area is 188 Å². The maximum Gasteiger partial charge on any atom is 0.267 e. The van der Waals surface area contributed by atoms with Gasteiger partial charge in [0.1, 0.15) is 6.54 Å². The molecule has 3 aromatic heterocycles. The summed E-state index contributed by atoms with van der Waals surface area (Å²) in [4.78, 5) is 36.2. The van der Waals surface area contributed by atoms with Crippen LogP contribution in [0.1, 0.15) is 0 Å². The molecule has 0 saturated heterocycles. The monoisotopic (exact) mass is 463 g/mol. The van der Waals surface area contributed by atoms with Crippen LogP contribution in [0.15, 0.2) is 89.1 Å². The molecule has 11 nitrogen and oxygen atoms in total. The Morgan fingerprint density at radius 2 is 1.70 bits per heavy atom. The molecule has 33 heavy (non-hydrogen) atoms. The van der Waals surface area contributed by atoms with Gasteiger partial charge in [0.05, 0.1) is 10.6 Å². The second-order valence-corrected chi connectivity index (χ2v) is 8.39. The Kier molecular flexibility index (Phi) is 6.17. The molecule has 12 heteroatoms. The van der Waals surface area contributed by atoms with E-state index in [0.717, 1.165) is 4.68 Å². The van der Waals surface area contributed by atoms with E-state index in [0.29, 0.717) is 16.9 Å². The number of pyridine rings is 1. The molecule has 3 heterocycles. The molecular formula is C21H17N7O4S. The zero-order chi connectivity index (χ0) is 23.3. The van der Waals surface area contributed by atoms with Crippen LogP contribution in [0.3, 0.4) is 0 Å². The van der Waals surface area contributed by atoms with Gasteiger partial charge in [-0.15, -0.1) is 0 Å². The first-order valence-electron chi connectivity index (χ1n) is 9.59. The number of amides is 1. The summed E-state index contributed by atoms with van der Waals surface area (Å²) in [6, 6.07) is 13.5. The van der Waals surface area contributed by atoms with Gasteiger partial charge in [0.25, 0.3) is 15.6 Å². The SMILES string of the molecule is O=C(Cn1nc(-c2cccnc2)ccc1=O)Nc1ccc(S(=O)(=O)Nc2ncccn2)cc1. The van der Waals surface area contributed by atoms with Crippen molar-refractivity contribution in [3.8, 4) is 11.3 Å². The van der Waals surface area contributed by atoms with Crippen molar-refractivity contribution in [1.29, 1.82) is 0 Å². The molecule has 0 atom stereocenters. The third kappa shape index (κ3) is 5.43. The zero-order valence-corrected chi connectivity index (χ0v) is 17.8. The molecule has 4 aromatic rings. The number of rotatable bonds is 7. The van der Waals surface area contributed by atoms with Crippen LogP contribution < -0.4 is 15.6 Å². The number of carbonyl (C=O) groups excluding carboxylic acids is 1. The molecule has 1 aromatic carbocycles. The summed E-state index contributed by atoms with van der Waals surface area (Å²) in [5.74, 6) is -0.555. The highest BCUT2D eigenvalue weighted by atomic mass is 32.2. The molecule has 1 amide bonds. The Balaban J connectivity index is 1.44. The fourth-order valence-electron chi connectivity index (χ4n) is 2.82. The quantitative estimate of drug-likeness (QED) is 0.419. The summed E-state index contributed by atoms with van der Waals surface area (Å²) in [6.07, 6.45) is 6.05. The molecule has 0 spiro atoms. The number of benzene rings is 1. The number of nitrogens with zero attached hydrogens (tertiary/aromatic N) is 5. The van der Waals surface area contributed by atoms with E-state index < -0.39 is 21.5 Å². The second kappa shape index (κ2) is 9.36. The van der Waals surface area contributed by atoms with Crippen LogP contribution in [0.25, 0.3) is 11.3 Å². The normalized spacial score (nSPS) is 11.0. The number of anilines is 2. The lowest BCUT2D eigenvalue weighted by Crippen LogP contribution is -2.29. The van der Waals surface area contributed by atoms with E-state index in [1.807, 2.05) is 0 Å². The average Bonchev–Trinajstić information content (AvgIpc) is 2.82. The van der Waals surface area contributed by atoms with Gasteiger partial charge in [-0.05, 0) is 48.5 Å². The van der Waals surface area contributed by atoms with Gasteiger partial charge in [0, 0.05) is 42.1 Å². The first kappa shape index (κ1) is 21.8. The van der Waals surface area contributed by atoms with Crippen LogP contribution in [0, 0.1) is 0 Å². The first-order chi connectivity index (χ1) is 15.9. The molecule has 0 unspecified atom stereocenters. The molecule has 0 radical (unpaired) electrons. The van der Waals surface area contributed by atoms with Gasteiger partial charge >= 0.3 is 0 Å². The number of hydrogen-bond donors (Lipinski definition) is 2. The predicted molar refractivity (Wildman–Crippen MR) is 120 cm³/mol. The van der Waals surface area contributed by atoms with Crippen LogP contribution >= 0.6 is 0 Å². The van der Waals surface area contributed by atoms with Crippen molar-refractivity contribution < 1.29 is 13.2 Å². The van der Waals surface area contributed by atoms with Crippen LogP contribution in [0.2, 0.25) is 0 Å². The van der Waals surface area contributed by atoms with E-state index in [1.54, 1.807) is 36.7 Å². The smallest absolute Gasteiger partial charge is 0.267 e. The van der Waals surface area contributed by atoms with E-state index in [-0.39, 0.29) is 17.4 Å². The van der Waals surface area contributed by atoms with Crippen molar-refractivity contribution in [2.45, 2.75) is 11.4 Å². The Hall–Kier alpha value is -4.45. The highest BCUT2D eigenvalue weighted by molar-refractivity contribution is 7.92. The van der Waals surface area contributed by atoms with Crippen LogP contribution in [-0.4, -0.2) is 39.1 Å². The van der Waals surface area contributed by atoms with E-state index in [4.69, 9.17) is 0 Å². The van der Waals surface area contributed by atoms with E-state index in [9.17, 15) is 18.0 Å². The van der Waals surface area contributed by atoms with Crippen LogP contribution in [0.5, 0.6) is 0 Å². The maximum absolute atomic E-state index is 12.4. The molecule has 0 saturated carbocycles. The van der Waals surface area contributed by atoms with Crippen molar-refractivity contribution in [3.63, 3.8) is 0 Å². The summed E-state index contributed by atoms with van der Waals surface area (Å²) in [5, 5.41) is 6.83. The van der Waals surface area contributed by atoms with Crippen molar-refractivity contribution in [1.82, 2.24) is 24.7 Å². The molecule has 166 valence electrons. The lowest BCUT2D eigenvalue weighted by atomic mass is 10.2. The highest BCUT2D eigenvalue weighted by Gasteiger charge is 2.16. The predicted octanol–water partition coefficient (Wildman–Crippen LogP) is 1.53. The second-order valence-electron chi connectivity index (χ2n) is 6.71. The summed E-state index contributed by atoms with van der Waals surface area (Å²) < 4.78 is 28.2. The Morgan fingerprint density at radius 1 is 0.939 bits per heavy atom. The molecule has 0 aliphatic heterocycles. The summed E-state index contributed by atoms with van der Waals surface area (Å²) >= 11 is 0. The van der Waals surface area contributed by atoms with Gasteiger partial charge in [-0.25, -0.2) is 27.8 Å². The molecule has 0 fully saturated rings. The van der Waals surface area contributed by atoms with Crippen molar-refractivity contribution >= 4 is 27.6 Å². The third-order valence-electron chi connectivity index (χ3n) is 4.36. The number of sulfonamides is 1. The first-order valence-corrected chi connectivity index (χ1v) is 11.1. The van der Waals surface area contributed by atoms with E-state index >= 15 is 0 Å².